The van der Waals surface area contributed by atoms with Crippen LogP contribution in [0.5, 0.6) is 0 Å². The molecule has 2 fully saturated rings. The van der Waals surface area contributed by atoms with Gasteiger partial charge in [0.25, 0.3) is 17.7 Å². The maximum atomic E-state index is 13.2. The smallest absolute Gasteiger partial charge is 0.407 e. The van der Waals surface area contributed by atoms with Crippen LogP contribution in [0.25, 0.3) is 0 Å². The van der Waals surface area contributed by atoms with Gasteiger partial charge in [0.15, 0.2) is 0 Å². The Balaban J connectivity index is 1.22. The van der Waals surface area contributed by atoms with Crippen molar-refractivity contribution < 1.29 is 28.7 Å². The number of carbonyl (C=O) groups excluding carboxylic acids is 5. The summed E-state index contributed by atoms with van der Waals surface area (Å²) < 4.78 is 5.15. The molecule has 1 aromatic carbocycles. The van der Waals surface area contributed by atoms with Crippen LogP contribution in [0.2, 0.25) is 0 Å². The minimum atomic E-state index is -0.588. The number of benzene rings is 1. The number of carbonyl (C=O) groups is 5. The summed E-state index contributed by atoms with van der Waals surface area (Å²) in [5.74, 6) is -0.578. The van der Waals surface area contributed by atoms with E-state index in [1.54, 1.807) is 43.9 Å². The molecule has 0 aromatic heterocycles. The van der Waals surface area contributed by atoms with E-state index < -0.39 is 11.7 Å². The van der Waals surface area contributed by atoms with Gasteiger partial charge in [-0.15, -0.1) is 0 Å². The van der Waals surface area contributed by atoms with Crippen molar-refractivity contribution in [3.63, 3.8) is 0 Å². The van der Waals surface area contributed by atoms with Crippen molar-refractivity contribution in [3.8, 4) is 0 Å². The zero-order valence-corrected chi connectivity index (χ0v) is 23.2. The van der Waals surface area contributed by atoms with Crippen molar-refractivity contribution in [2.24, 2.45) is 5.92 Å². The largest absolute Gasteiger partial charge is 0.444 e. The molecule has 10 nitrogen and oxygen atoms in total. The van der Waals surface area contributed by atoms with Crippen molar-refractivity contribution in [2.45, 2.75) is 83.8 Å². The standard InChI is InChI=1S/C29H40N4O6/c1-29(2,3)39-28(38)30-14-11-24(34)31-18-19-12-15-32(16-13-19)25(35)20-9-10-22-23(17-20)27(37)33(26(22)36)21-7-5-4-6-8-21/h9-10,17,19,21H,4-8,11-16,18H2,1-3H3,(H,30,38)(H,31,34). The Morgan fingerprint density at radius 3 is 2.26 bits per heavy atom. The van der Waals surface area contributed by atoms with Gasteiger partial charge >= 0.3 is 6.09 Å². The van der Waals surface area contributed by atoms with Gasteiger partial charge in [-0.05, 0) is 70.6 Å². The van der Waals surface area contributed by atoms with Gasteiger partial charge in [0.2, 0.25) is 5.91 Å². The fraction of sp³-hybridized carbons (Fsp3) is 0.621. The summed E-state index contributed by atoms with van der Waals surface area (Å²) in [6, 6.07) is 4.80. The number of hydrogen-bond donors (Lipinski definition) is 2. The highest BCUT2D eigenvalue weighted by molar-refractivity contribution is 6.22. The van der Waals surface area contributed by atoms with Crippen LogP contribution in [0.1, 0.15) is 103 Å². The van der Waals surface area contributed by atoms with Crippen LogP contribution in [-0.4, -0.2) is 77.3 Å². The Labute approximate surface area is 229 Å². The van der Waals surface area contributed by atoms with Crippen LogP contribution in [0.4, 0.5) is 4.79 Å². The van der Waals surface area contributed by atoms with Gasteiger partial charge < -0.3 is 20.3 Å². The molecule has 0 atom stereocenters. The Morgan fingerprint density at radius 1 is 0.923 bits per heavy atom. The summed E-state index contributed by atoms with van der Waals surface area (Å²) in [5.41, 5.74) is 0.549. The molecule has 212 valence electrons. The second kappa shape index (κ2) is 12.2. The van der Waals surface area contributed by atoms with Crippen LogP contribution >= 0.6 is 0 Å². The number of imide groups is 1. The first-order valence-electron chi connectivity index (χ1n) is 14.1. The highest BCUT2D eigenvalue weighted by Gasteiger charge is 2.40. The lowest BCUT2D eigenvalue weighted by Gasteiger charge is -2.32. The number of likely N-dealkylation sites (tertiary alicyclic amines) is 1. The zero-order valence-electron chi connectivity index (χ0n) is 23.2. The van der Waals surface area contributed by atoms with E-state index in [4.69, 9.17) is 4.74 Å². The molecule has 1 saturated heterocycles. The minimum Gasteiger partial charge on any atom is -0.444 e. The fourth-order valence-corrected chi connectivity index (χ4v) is 5.52. The third-order valence-electron chi connectivity index (χ3n) is 7.61. The average Bonchev–Trinajstić information content (AvgIpc) is 3.15. The van der Waals surface area contributed by atoms with E-state index in [1.165, 1.54) is 4.90 Å². The van der Waals surface area contributed by atoms with Crippen molar-refractivity contribution >= 4 is 29.7 Å². The molecular formula is C29H40N4O6. The first-order chi connectivity index (χ1) is 18.5. The first-order valence-corrected chi connectivity index (χ1v) is 14.1. The number of piperidine rings is 1. The van der Waals surface area contributed by atoms with E-state index >= 15 is 0 Å². The van der Waals surface area contributed by atoms with Crippen molar-refractivity contribution in [1.29, 1.82) is 0 Å². The quantitative estimate of drug-likeness (QED) is 0.510. The highest BCUT2D eigenvalue weighted by atomic mass is 16.6. The number of amides is 5. The predicted octanol–water partition coefficient (Wildman–Crippen LogP) is 3.50. The van der Waals surface area contributed by atoms with E-state index in [1.807, 2.05) is 0 Å². The van der Waals surface area contributed by atoms with Crippen LogP contribution in [-0.2, 0) is 9.53 Å². The lowest BCUT2D eigenvalue weighted by Crippen LogP contribution is -2.42. The number of rotatable bonds is 7. The second-order valence-electron chi connectivity index (χ2n) is 11.8. The zero-order chi connectivity index (χ0) is 28.2. The van der Waals surface area contributed by atoms with E-state index in [-0.39, 0.29) is 48.6 Å². The molecule has 4 rings (SSSR count). The molecule has 10 heteroatoms. The molecular weight excluding hydrogens is 500 g/mol. The van der Waals surface area contributed by atoms with Crippen LogP contribution < -0.4 is 10.6 Å². The molecule has 0 spiro atoms. The van der Waals surface area contributed by atoms with Gasteiger partial charge in [-0.25, -0.2) is 4.79 Å². The minimum absolute atomic E-state index is 0.0499. The Morgan fingerprint density at radius 2 is 1.59 bits per heavy atom. The molecule has 1 saturated carbocycles. The number of nitrogens with one attached hydrogen (secondary N) is 2. The molecule has 5 amide bonds. The van der Waals surface area contributed by atoms with Crippen molar-refractivity contribution in [3.05, 3.63) is 34.9 Å². The summed E-state index contributed by atoms with van der Waals surface area (Å²) in [7, 11) is 0. The van der Waals surface area contributed by atoms with E-state index in [0.717, 1.165) is 44.9 Å². The summed E-state index contributed by atoms with van der Waals surface area (Å²) in [6.45, 7) is 7.14. The predicted molar refractivity (Wildman–Crippen MR) is 144 cm³/mol. The van der Waals surface area contributed by atoms with Gasteiger partial charge in [0.1, 0.15) is 5.60 Å². The van der Waals surface area contributed by atoms with Crippen molar-refractivity contribution in [1.82, 2.24) is 20.4 Å². The molecule has 0 bridgehead atoms. The Hall–Kier alpha value is -3.43. The third-order valence-corrected chi connectivity index (χ3v) is 7.61. The topological polar surface area (TPSA) is 125 Å². The summed E-state index contributed by atoms with van der Waals surface area (Å²) >= 11 is 0. The molecule has 0 unspecified atom stereocenters. The molecule has 2 heterocycles. The molecule has 0 radical (unpaired) electrons. The Bertz CT molecular complexity index is 1110. The second-order valence-corrected chi connectivity index (χ2v) is 11.8. The Kier molecular flexibility index (Phi) is 8.92. The van der Waals surface area contributed by atoms with Crippen LogP contribution in [0.15, 0.2) is 18.2 Å². The van der Waals surface area contributed by atoms with Gasteiger partial charge in [-0.2, -0.15) is 0 Å². The summed E-state index contributed by atoms with van der Waals surface area (Å²) in [6.07, 6.45) is 5.97. The number of alkyl carbamates (subject to hydrolysis) is 1. The number of ether oxygens (including phenoxy) is 1. The highest BCUT2D eigenvalue weighted by Crippen LogP contribution is 2.32. The molecule has 2 aliphatic heterocycles. The molecule has 1 aromatic rings. The number of nitrogens with zero attached hydrogens (tertiary/aromatic N) is 2. The molecule has 3 aliphatic rings. The first kappa shape index (κ1) is 28.6. The van der Waals surface area contributed by atoms with Gasteiger partial charge in [-0.1, -0.05) is 19.3 Å². The third kappa shape index (κ3) is 7.16. The van der Waals surface area contributed by atoms with Gasteiger partial charge in [-0.3, -0.25) is 24.1 Å². The van der Waals surface area contributed by atoms with E-state index in [2.05, 4.69) is 10.6 Å². The SMILES string of the molecule is CC(C)(C)OC(=O)NCCC(=O)NCC1CCN(C(=O)c2ccc3c(c2)C(=O)N(C2CCCCC2)C3=O)CC1. The lowest BCUT2D eigenvalue weighted by atomic mass is 9.94. The number of hydrogen-bond acceptors (Lipinski definition) is 6. The lowest BCUT2D eigenvalue weighted by molar-refractivity contribution is -0.121. The van der Waals surface area contributed by atoms with Gasteiger partial charge in [0.05, 0.1) is 11.1 Å². The molecule has 2 N–H and O–H groups in total. The summed E-state index contributed by atoms with van der Waals surface area (Å²) in [5, 5.41) is 5.48. The van der Waals surface area contributed by atoms with Crippen LogP contribution in [0.3, 0.4) is 0 Å². The van der Waals surface area contributed by atoms with E-state index in [0.29, 0.717) is 36.3 Å². The normalized spacial score (nSPS) is 18.6. The molecule has 1 aliphatic carbocycles. The van der Waals surface area contributed by atoms with E-state index in [9.17, 15) is 24.0 Å². The summed E-state index contributed by atoms with van der Waals surface area (Å²) in [4.78, 5) is 66.2. The maximum Gasteiger partial charge on any atom is 0.407 e. The number of fused-ring (bicyclic) bond motifs is 1. The maximum absolute atomic E-state index is 13.2. The fourth-order valence-electron chi connectivity index (χ4n) is 5.52. The average molecular weight is 541 g/mol. The monoisotopic (exact) mass is 540 g/mol. The van der Waals surface area contributed by atoms with Crippen LogP contribution in [0, 0.1) is 5.92 Å². The van der Waals surface area contributed by atoms with Gasteiger partial charge in [0, 0.05) is 44.2 Å². The molecule has 39 heavy (non-hydrogen) atoms. The van der Waals surface area contributed by atoms with Crippen molar-refractivity contribution in [2.75, 3.05) is 26.2 Å².